The molecule has 1 amide bonds. The lowest BCUT2D eigenvalue weighted by Gasteiger charge is -2.23. The third-order valence-electron chi connectivity index (χ3n) is 5.36. The van der Waals surface area contributed by atoms with Crippen LogP contribution < -0.4 is 16.2 Å². The molecule has 0 aliphatic rings. The normalized spacial score (nSPS) is 12.7. The number of carbonyl (C=O) groups excluding carboxylic acids is 1. The second kappa shape index (κ2) is 8.83. The van der Waals surface area contributed by atoms with Crippen LogP contribution in [0.3, 0.4) is 0 Å². The number of carbonyl (C=O) groups is 1. The Bertz CT molecular complexity index is 1090. The molecule has 3 N–H and O–H groups in total. The molecular weight excluding hydrogens is 380 g/mol. The Morgan fingerprint density at radius 2 is 1.70 bits per heavy atom. The molecule has 2 aromatic heterocycles. The summed E-state index contributed by atoms with van der Waals surface area (Å²) in [6.45, 7) is 12.2. The molecular formula is C23H30N4O3. The minimum Gasteiger partial charge on any atom is -0.444 e. The summed E-state index contributed by atoms with van der Waals surface area (Å²) in [4.78, 5) is 24.8. The van der Waals surface area contributed by atoms with E-state index in [2.05, 4.69) is 72.8 Å². The van der Waals surface area contributed by atoms with Gasteiger partial charge >= 0.3 is 0 Å². The van der Waals surface area contributed by atoms with Crippen molar-refractivity contribution in [2.45, 2.75) is 53.5 Å². The zero-order valence-electron chi connectivity index (χ0n) is 18.4. The highest BCUT2D eigenvalue weighted by molar-refractivity contribution is 6.01. The quantitative estimate of drug-likeness (QED) is 0.542. The van der Waals surface area contributed by atoms with Crippen LogP contribution in [-0.2, 0) is 4.79 Å². The van der Waals surface area contributed by atoms with E-state index in [9.17, 15) is 9.59 Å². The zero-order valence-corrected chi connectivity index (χ0v) is 18.4. The predicted molar refractivity (Wildman–Crippen MR) is 119 cm³/mol. The van der Waals surface area contributed by atoms with Crippen molar-refractivity contribution in [2.75, 3.05) is 11.9 Å². The van der Waals surface area contributed by atoms with Crippen LogP contribution in [0, 0.1) is 19.8 Å². The Hall–Kier alpha value is -2.93. The second-order valence-corrected chi connectivity index (χ2v) is 8.35. The summed E-state index contributed by atoms with van der Waals surface area (Å²) in [5.74, 6) is 1.21. The fourth-order valence-electron chi connectivity index (χ4n) is 3.73. The van der Waals surface area contributed by atoms with Gasteiger partial charge in [0, 0.05) is 6.04 Å². The second-order valence-electron chi connectivity index (χ2n) is 8.35. The number of rotatable bonds is 7. The number of aryl methyl sites for hydroxylation is 2. The first-order valence-electron chi connectivity index (χ1n) is 10.3. The van der Waals surface area contributed by atoms with Gasteiger partial charge in [-0.3, -0.25) is 14.9 Å². The molecule has 30 heavy (non-hydrogen) atoms. The van der Waals surface area contributed by atoms with Crippen LogP contribution in [-0.4, -0.2) is 22.6 Å². The first-order chi connectivity index (χ1) is 14.2. The molecule has 0 saturated heterocycles. The van der Waals surface area contributed by atoms with E-state index < -0.39 is 0 Å². The van der Waals surface area contributed by atoms with Gasteiger partial charge in [0.05, 0.1) is 17.6 Å². The molecule has 7 nitrogen and oxygen atoms in total. The number of hydrogen-bond donors (Lipinski definition) is 3. The van der Waals surface area contributed by atoms with Gasteiger partial charge in [-0.2, -0.15) is 5.10 Å². The van der Waals surface area contributed by atoms with Crippen molar-refractivity contribution >= 4 is 22.6 Å². The number of anilines is 1. The van der Waals surface area contributed by atoms with Crippen LogP contribution in [0.25, 0.3) is 10.8 Å². The molecule has 0 saturated carbocycles. The lowest BCUT2D eigenvalue weighted by atomic mass is 9.93. The highest BCUT2D eigenvalue weighted by Gasteiger charge is 2.20. The number of nitrogens with zero attached hydrogens (tertiary/aromatic N) is 1. The molecule has 3 rings (SSSR count). The van der Waals surface area contributed by atoms with E-state index in [1.165, 1.54) is 5.56 Å². The topological polar surface area (TPSA) is 100 Å². The van der Waals surface area contributed by atoms with Gasteiger partial charge < -0.3 is 9.73 Å². The van der Waals surface area contributed by atoms with Gasteiger partial charge in [0.15, 0.2) is 0 Å². The number of hydrogen-bond acceptors (Lipinski definition) is 5. The number of H-pyrrole nitrogens is 1. The Labute approximate surface area is 176 Å². The smallest absolute Gasteiger partial charge is 0.277 e. The average Bonchev–Trinajstić information content (AvgIpc) is 3.02. The molecule has 160 valence electrons. The molecule has 1 atom stereocenters. The van der Waals surface area contributed by atoms with E-state index in [0.29, 0.717) is 34.1 Å². The molecule has 0 fully saturated rings. The number of furan rings is 1. The Kier molecular flexibility index (Phi) is 6.41. The largest absolute Gasteiger partial charge is 0.444 e. The maximum absolute atomic E-state index is 12.6. The summed E-state index contributed by atoms with van der Waals surface area (Å²) in [6.07, 6.45) is 0. The van der Waals surface area contributed by atoms with E-state index in [1.54, 1.807) is 13.8 Å². The van der Waals surface area contributed by atoms with Crippen LogP contribution in [0.5, 0.6) is 0 Å². The minimum absolute atomic E-state index is 0.0295. The van der Waals surface area contributed by atoms with E-state index in [4.69, 9.17) is 4.42 Å². The number of aromatic nitrogens is 2. The summed E-state index contributed by atoms with van der Waals surface area (Å²) in [6, 6.07) is 8.53. The Morgan fingerprint density at radius 3 is 2.30 bits per heavy atom. The van der Waals surface area contributed by atoms with Crippen molar-refractivity contribution in [2.24, 2.45) is 5.92 Å². The molecule has 0 aliphatic heterocycles. The SMILES string of the molecule is Cc1n[nH]c(=O)c2c(NC(=O)CN[C@@H](c3ccc(C(C)C)cc3)C(C)C)oc(C)c12. The Balaban J connectivity index is 1.74. The van der Waals surface area contributed by atoms with Crippen molar-refractivity contribution < 1.29 is 9.21 Å². The van der Waals surface area contributed by atoms with E-state index in [0.717, 1.165) is 5.56 Å². The molecule has 1 aromatic carbocycles. The van der Waals surface area contributed by atoms with Crippen molar-refractivity contribution in [3.05, 3.63) is 57.2 Å². The lowest BCUT2D eigenvalue weighted by molar-refractivity contribution is -0.115. The summed E-state index contributed by atoms with van der Waals surface area (Å²) in [5, 5.41) is 13.4. The molecule has 0 radical (unpaired) electrons. The summed E-state index contributed by atoms with van der Waals surface area (Å²) >= 11 is 0. The minimum atomic E-state index is -0.388. The van der Waals surface area contributed by atoms with Gasteiger partial charge in [-0.1, -0.05) is 52.0 Å². The first-order valence-corrected chi connectivity index (χ1v) is 10.3. The van der Waals surface area contributed by atoms with Crippen LogP contribution in [0.1, 0.15) is 62.2 Å². The van der Waals surface area contributed by atoms with Gasteiger partial charge in [-0.15, -0.1) is 0 Å². The molecule has 0 bridgehead atoms. The van der Waals surface area contributed by atoms with Crippen LogP contribution >= 0.6 is 0 Å². The molecule has 7 heteroatoms. The van der Waals surface area contributed by atoms with Gasteiger partial charge in [-0.05, 0) is 36.8 Å². The molecule has 0 aliphatic carbocycles. The third-order valence-corrected chi connectivity index (χ3v) is 5.36. The molecule has 0 spiro atoms. The predicted octanol–water partition coefficient (Wildman–Crippen LogP) is 4.18. The van der Waals surface area contributed by atoms with Gasteiger partial charge in [0.25, 0.3) is 5.56 Å². The number of aromatic amines is 1. The van der Waals surface area contributed by atoms with Gasteiger partial charge in [0.2, 0.25) is 11.8 Å². The number of fused-ring (bicyclic) bond motifs is 1. The fraction of sp³-hybridized carbons (Fsp3) is 0.435. The molecule has 0 unspecified atom stereocenters. The van der Waals surface area contributed by atoms with Crippen molar-refractivity contribution in [1.29, 1.82) is 0 Å². The van der Waals surface area contributed by atoms with Crippen LogP contribution in [0.15, 0.2) is 33.5 Å². The maximum atomic E-state index is 12.6. The Morgan fingerprint density at radius 1 is 1.07 bits per heavy atom. The molecule has 2 heterocycles. The van der Waals surface area contributed by atoms with Crippen LogP contribution in [0.2, 0.25) is 0 Å². The standard InChI is InChI=1S/C23H30N4O3/c1-12(2)16-7-9-17(10-8-16)21(13(3)4)24-11-18(28)25-23-20-19(15(6)30-23)14(5)26-27-22(20)29/h7-10,12-13,21,24H,11H2,1-6H3,(H,25,28)(H,27,29)/t21-/m1/s1. The van der Waals surface area contributed by atoms with Crippen molar-refractivity contribution in [1.82, 2.24) is 15.5 Å². The van der Waals surface area contributed by atoms with E-state index in [1.807, 2.05) is 0 Å². The van der Waals surface area contributed by atoms with E-state index in [-0.39, 0.29) is 29.9 Å². The van der Waals surface area contributed by atoms with E-state index >= 15 is 0 Å². The monoisotopic (exact) mass is 410 g/mol. The van der Waals surface area contributed by atoms with Gasteiger partial charge in [-0.25, -0.2) is 5.10 Å². The van der Waals surface area contributed by atoms with Crippen molar-refractivity contribution in [3.8, 4) is 0 Å². The summed E-state index contributed by atoms with van der Waals surface area (Å²) in [7, 11) is 0. The summed E-state index contributed by atoms with van der Waals surface area (Å²) < 4.78 is 5.65. The lowest BCUT2D eigenvalue weighted by Crippen LogP contribution is -2.33. The highest BCUT2D eigenvalue weighted by atomic mass is 16.4. The summed E-state index contributed by atoms with van der Waals surface area (Å²) in [5.41, 5.74) is 2.68. The third kappa shape index (κ3) is 4.46. The fourth-order valence-corrected chi connectivity index (χ4v) is 3.73. The maximum Gasteiger partial charge on any atom is 0.277 e. The first kappa shape index (κ1) is 21.8. The number of amides is 1. The zero-order chi connectivity index (χ0) is 22.0. The average molecular weight is 411 g/mol. The number of nitrogens with one attached hydrogen (secondary N) is 3. The van der Waals surface area contributed by atoms with Crippen molar-refractivity contribution in [3.63, 3.8) is 0 Å². The van der Waals surface area contributed by atoms with Gasteiger partial charge in [0.1, 0.15) is 11.1 Å². The highest BCUT2D eigenvalue weighted by Crippen LogP contribution is 2.28. The molecule has 3 aromatic rings. The number of benzene rings is 1. The van der Waals surface area contributed by atoms with Crippen LogP contribution in [0.4, 0.5) is 5.88 Å².